The molecule has 0 saturated carbocycles. The number of phenolic OH excluding ortho intramolecular Hbond substituents is 1. The predicted molar refractivity (Wildman–Crippen MR) is 154 cm³/mol. The maximum absolute atomic E-state index is 13.9. The van der Waals surface area contributed by atoms with Crippen LogP contribution < -0.4 is 16.4 Å². The third-order valence-corrected chi connectivity index (χ3v) is 6.06. The molecule has 11 nitrogen and oxygen atoms in total. The minimum Gasteiger partial charge on any atom is -0.508 e. The third kappa shape index (κ3) is 8.94. The van der Waals surface area contributed by atoms with E-state index in [1.807, 2.05) is 30.3 Å². The van der Waals surface area contributed by atoms with Crippen molar-refractivity contribution in [2.24, 2.45) is 5.73 Å². The molecule has 0 spiro atoms. The van der Waals surface area contributed by atoms with E-state index in [0.717, 1.165) is 15.7 Å². The van der Waals surface area contributed by atoms with Crippen molar-refractivity contribution in [1.29, 1.82) is 0 Å². The summed E-state index contributed by atoms with van der Waals surface area (Å²) in [7, 11) is 0. The first kappa shape index (κ1) is 30.9. The van der Waals surface area contributed by atoms with E-state index < -0.39 is 48.1 Å². The minimum atomic E-state index is -1.33. The molecular weight excluding hydrogens is 528 g/mol. The first-order valence-corrected chi connectivity index (χ1v) is 13.2. The second kappa shape index (κ2) is 13.6. The van der Waals surface area contributed by atoms with Gasteiger partial charge in [0.05, 0.1) is 6.61 Å². The van der Waals surface area contributed by atoms with E-state index in [0.29, 0.717) is 5.69 Å². The lowest BCUT2D eigenvalue weighted by Crippen LogP contribution is -2.53. The summed E-state index contributed by atoms with van der Waals surface area (Å²) in [6.07, 6.45) is -1.31. The molecular formula is C30H36N4O7. The van der Waals surface area contributed by atoms with Crippen LogP contribution in [0.15, 0.2) is 66.7 Å². The van der Waals surface area contributed by atoms with E-state index in [2.05, 4.69) is 10.6 Å². The van der Waals surface area contributed by atoms with Crippen molar-refractivity contribution in [2.75, 3.05) is 18.5 Å². The van der Waals surface area contributed by atoms with E-state index in [1.54, 1.807) is 39.0 Å². The van der Waals surface area contributed by atoms with Gasteiger partial charge < -0.3 is 36.2 Å². The van der Waals surface area contributed by atoms with Gasteiger partial charge in [-0.1, -0.05) is 42.5 Å². The molecule has 2 atom stereocenters. The van der Waals surface area contributed by atoms with Crippen LogP contribution in [0.25, 0.3) is 10.8 Å². The molecule has 0 bridgehead atoms. The van der Waals surface area contributed by atoms with Crippen LogP contribution in [0.4, 0.5) is 10.5 Å². The number of rotatable bonds is 11. The van der Waals surface area contributed by atoms with Crippen LogP contribution in [0.5, 0.6) is 5.75 Å². The number of fused-ring (bicyclic) bond motifs is 1. The maximum Gasteiger partial charge on any atom is 0.408 e. The average molecular weight is 565 g/mol. The van der Waals surface area contributed by atoms with Gasteiger partial charge in [0, 0.05) is 18.7 Å². The van der Waals surface area contributed by atoms with Crippen LogP contribution in [0.1, 0.15) is 45.2 Å². The molecule has 0 aliphatic heterocycles. The number of hydrogen-bond donors (Lipinski definition) is 5. The molecule has 0 radical (unpaired) electrons. The first-order valence-electron chi connectivity index (χ1n) is 13.2. The van der Waals surface area contributed by atoms with Crippen molar-refractivity contribution in [3.63, 3.8) is 0 Å². The highest BCUT2D eigenvalue weighted by molar-refractivity contribution is 6.00. The first-order chi connectivity index (χ1) is 19.4. The average Bonchev–Trinajstić information content (AvgIpc) is 2.89. The summed E-state index contributed by atoms with van der Waals surface area (Å²) < 4.78 is 5.29. The number of aromatic hydroxyl groups is 1. The number of amides is 4. The fraction of sp³-hybridized carbons (Fsp3) is 0.333. The van der Waals surface area contributed by atoms with Gasteiger partial charge in [0.25, 0.3) is 5.91 Å². The Morgan fingerprint density at radius 1 is 0.976 bits per heavy atom. The van der Waals surface area contributed by atoms with Crippen LogP contribution >= 0.6 is 0 Å². The smallest absolute Gasteiger partial charge is 0.408 e. The van der Waals surface area contributed by atoms with E-state index in [1.165, 1.54) is 18.2 Å². The zero-order chi connectivity index (χ0) is 30.2. The second-order valence-corrected chi connectivity index (χ2v) is 10.5. The summed E-state index contributed by atoms with van der Waals surface area (Å²) >= 11 is 0. The van der Waals surface area contributed by atoms with Crippen LogP contribution in [0, 0.1) is 0 Å². The van der Waals surface area contributed by atoms with Gasteiger partial charge in [0.1, 0.15) is 23.4 Å². The number of ether oxygens (including phenoxy) is 1. The van der Waals surface area contributed by atoms with E-state index in [-0.39, 0.29) is 30.7 Å². The molecule has 6 N–H and O–H groups in total. The van der Waals surface area contributed by atoms with Crippen molar-refractivity contribution in [3.05, 3.63) is 72.3 Å². The zero-order valence-corrected chi connectivity index (χ0v) is 23.3. The Bertz CT molecular complexity index is 1400. The molecule has 41 heavy (non-hydrogen) atoms. The van der Waals surface area contributed by atoms with Gasteiger partial charge in [-0.05, 0) is 67.8 Å². The number of primary amides is 1. The Hall–Kier alpha value is -4.64. The molecule has 0 saturated heterocycles. The number of nitrogens with zero attached hydrogens (tertiary/aromatic N) is 1. The molecule has 4 amide bonds. The number of benzene rings is 3. The number of aliphatic hydroxyl groups is 1. The third-order valence-electron chi connectivity index (χ3n) is 6.06. The quantitative estimate of drug-likeness (QED) is 0.238. The predicted octanol–water partition coefficient (Wildman–Crippen LogP) is 3.20. The van der Waals surface area contributed by atoms with Gasteiger partial charge in [-0.2, -0.15) is 0 Å². The normalized spacial score (nSPS) is 12.7. The molecule has 2 unspecified atom stereocenters. The summed E-state index contributed by atoms with van der Waals surface area (Å²) in [6, 6.07) is 16.1. The van der Waals surface area contributed by atoms with Gasteiger partial charge in [0.15, 0.2) is 0 Å². The monoisotopic (exact) mass is 564 g/mol. The van der Waals surface area contributed by atoms with Crippen molar-refractivity contribution >= 4 is 40.3 Å². The number of nitrogens with one attached hydrogen (secondary N) is 2. The largest absolute Gasteiger partial charge is 0.508 e. The summed E-state index contributed by atoms with van der Waals surface area (Å²) in [6.45, 7) is 4.15. The molecule has 0 aromatic heterocycles. The zero-order valence-electron chi connectivity index (χ0n) is 23.3. The molecule has 0 aliphatic carbocycles. The second-order valence-electron chi connectivity index (χ2n) is 10.5. The Labute approximate surface area is 238 Å². The maximum atomic E-state index is 13.9. The number of hydrogen-bond acceptors (Lipinski definition) is 7. The van der Waals surface area contributed by atoms with Gasteiger partial charge in [-0.25, -0.2) is 4.79 Å². The number of carbonyl (C=O) groups is 4. The van der Waals surface area contributed by atoms with Crippen LogP contribution in [-0.4, -0.2) is 63.7 Å². The van der Waals surface area contributed by atoms with E-state index in [4.69, 9.17) is 10.5 Å². The van der Waals surface area contributed by atoms with E-state index in [9.17, 15) is 29.4 Å². The Balaban J connectivity index is 2.00. The highest BCUT2D eigenvalue weighted by atomic mass is 16.6. The van der Waals surface area contributed by atoms with Crippen LogP contribution in [-0.2, 0) is 19.1 Å². The number of nitrogens with two attached hydrogens (primary N) is 1. The van der Waals surface area contributed by atoms with Crippen molar-refractivity contribution < 1.29 is 34.1 Å². The van der Waals surface area contributed by atoms with Crippen LogP contribution in [0.2, 0.25) is 0 Å². The number of anilines is 1. The van der Waals surface area contributed by atoms with Gasteiger partial charge in [-0.3, -0.25) is 14.4 Å². The molecule has 218 valence electrons. The van der Waals surface area contributed by atoms with Crippen molar-refractivity contribution in [1.82, 2.24) is 10.2 Å². The number of carbonyl (C=O) groups excluding carboxylic acids is 4. The lowest BCUT2D eigenvalue weighted by atomic mass is 10.0. The Morgan fingerprint density at radius 2 is 1.68 bits per heavy atom. The van der Waals surface area contributed by atoms with Gasteiger partial charge in [-0.15, -0.1) is 0 Å². The summed E-state index contributed by atoms with van der Waals surface area (Å²) in [5.41, 5.74) is 5.17. The summed E-state index contributed by atoms with van der Waals surface area (Å²) in [5.74, 6) is -2.22. The van der Waals surface area contributed by atoms with Crippen molar-refractivity contribution in [3.8, 4) is 5.75 Å². The minimum absolute atomic E-state index is 0.139. The standard InChI is InChI=1S/C30H36N4O7/c1-30(2,3)41-29(40)33-24(13-14-25(31)37)28(39)34(15-16-35)26(21-9-6-10-23(36)18-21)27(38)32-22-12-11-19-7-4-5-8-20(19)17-22/h4-12,17-18,24,26,35-36H,13-16H2,1-3H3,(H2,31,37)(H,32,38)(H,33,40). The molecule has 11 heteroatoms. The SMILES string of the molecule is CC(C)(C)OC(=O)NC(CCC(N)=O)C(=O)N(CCO)C(C(=O)Nc1ccc2ccccc2c1)c1cccc(O)c1. The van der Waals surface area contributed by atoms with E-state index >= 15 is 0 Å². The Kier molecular flexibility index (Phi) is 10.3. The summed E-state index contributed by atoms with van der Waals surface area (Å²) in [4.78, 5) is 53.0. The topological polar surface area (TPSA) is 171 Å². The fourth-order valence-electron chi connectivity index (χ4n) is 4.31. The van der Waals surface area contributed by atoms with Gasteiger partial charge in [0.2, 0.25) is 11.8 Å². The number of phenols is 1. The summed E-state index contributed by atoms with van der Waals surface area (Å²) in [5, 5.41) is 27.2. The van der Waals surface area contributed by atoms with Crippen molar-refractivity contribution in [2.45, 2.75) is 51.3 Å². The lowest BCUT2D eigenvalue weighted by Gasteiger charge is -2.34. The number of aliphatic hydroxyl groups excluding tert-OH is 1. The molecule has 0 fully saturated rings. The lowest BCUT2D eigenvalue weighted by molar-refractivity contribution is -0.141. The molecule has 0 aliphatic rings. The highest BCUT2D eigenvalue weighted by Crippen LogP contribution is 2.28. The molecule has 3 aromatic carbocycles. The molecule has 0 heterocycles. The van der Waals surface area contributed by atoms with Crippen LogP contribution in [0.3, 0.4) is 0 Å². The molecule has 3 aromatic rings. The Morgan fingerprint density at radius 3 is 2.32 bits per heavy atom. The number of alkyl carbamates (subject to hydrolysis) is 1. The fourth-order valence-corrected chi connectivity index (χ4v) is 4.31. The highest BCUT2D eigenvalue weighted by Gasteiger charge is 2.36. The van der Waals surface area contributed by atoms with Gasteiger partial charge >= 0.3 is 6.09 Å². The molecule has 3 rings (SSSR count).